The lowest BCUT2D eigenvalue weighted by Gasteiger charge is -2.15. The van der Waals surface area contributed by atoms with Crippen molar-refractivity contribution in [3.05, 3.63) is 58.6 Å². The Hall–Kier alpha value is -2.86. The van der Waals surface area contributed by atoms with Gasteiger partial charge < -0.3 is 16.0 Å². The lowest BCUT2D eigenvalue weighted by atomic mass is 10.1. The summed E-state index contributed by atoms with van der Waals surface area (Å²) in [6, 6.07) is 10.9. The number of amides is 3. The van der Waals surface area contributed by atoms with Crippen molar-refractivity contribution in [3.8, 4) is 0 Å². The molecule has 0 saturated carbocycles. The third-order valence-corrected chi connectivity index (χ3v) is 4.15. The third kappa shape index (κ3) is 3.80. The van der Waals surface area contributed by atoms with Crippen molar-refractivity contribution < 1.29 is 14.4 Å². The van der Waals surface area contributed by atoms with E-state index in [1.807, 2.05) is 6.92 Å². The first kappa shape index (κ1) is 17.0. The minimum absolute atomic E-state index is 0.183. The summed E-state index contributed by atoms with van der Waals surface area (Å²) < 4.78 is 0. The number of hydrogen-bond acceptors (Lipinski definition) is 3. The van der Waals surface area contributed by atoms with Crippen LogP contribution in [0, 0.1) is 6.92 Å². The van der Waals surface area contributed by atoms with Gasteiger partial charge in [-0.15, -0.1) is 0 Å². The minimum Gasteiger partial charge on any atom is -0.340 e. The van der Waals surface area contributed by atoms with Crippen molar-refractivity contribution in [2.75, 3.05) is 10.6 Å². The highest BCUT2D eigenvalue weighted by Crippen LogP contribution is 2.21. The van der Waals surface area contributed by atoms with Gasteiger partial charge in [0.1, 0.15) is 6.04 Å². The van der Waals surface area contributed by atoms with Crippen LogP contribution in [-0.4, -0.2) is 23.8 Å². The summed E-state index contributed by atoms with van der Waals surface area (Å²) in [5, 5.41) is 8.48. The van der Waals surface area contributed by atoms with E-state index in [0.717, 1.165) is 5.56 Å². The molecule has 25 heavy (non-hydrogen) atoms. The maximum atomic E-state index is 12.3. The molecule has 128 valence electrons. The van der Waals surface area contributed by atoms with Crippen LogP contribution in [0.2, 0.25) is 5.02 Å². The SMILES string of the molecule is Cc1ccc(Cl)cc1NC(=O)CC1NC(=O)c2ccccc2NC1=O. The summed E-state index contributed by atoms with van der Waals surface area (Å²) in [6.45, 7) is 1.84. The fourth-order valence-electron chi connectivity index (χ4n) is 2.57. The van der Waals surface area contributed by atoms with Gasteiger partial charge in [0.25, 0.3) is 5.91 Å². The van der Waals surface area contributed by atoms with Crippen molar-refractivity contribution in [1.82, 2.24) is 5.32 Å². The number of aryl methyl sites for hydroxylation is 1. The molecule has 3 rings (SSSR count). The molecular weight excluding hydrogens is 342 g/mol. The van der Waals surface area contributed by atoms with E-state index in [0.29, 0.717) is 22.0 Å². The average molecular weight is 358 g/mol. The smallest absolute Gasteiger partial charge is 0.254 e. The van der Waals surface area contributed by atoms with Crippen LogP contribution in [0.15, 0.2) is 42.5 Å². The van der Waals surface area contributed by atoms with Gasteiger partial charge in [0.2, 0.25) is 11.8 Å². The van der Waals surface area contributed by atoms with Crippen LogP contribution in [0.4, 0.5) is 11.4 Å². The van der Waals surface area contributed by atoms with E-state index in [-0.39, 0.29) is 6.42 Å². The number of benzene rings is 2. The van der Waals surface area contributed by atoms with Gasteiger partial charge in [0.05, 0.1) is 17.7 Å². The van der Waals surface area contributed by atoms with Crippen LogP contribution in [0.25, 0.3) is 0 Å². The van der Waals surface area contributed by atoms with Gasteiger partial charge in [0, 0.05) is 10.7 Å². The predicted octanol–water partition coefficient (Wildman–Crippen LogP) is 2.73. The molecule has 1 aliphatic heterocycles. The number of fused-ring (bicyclic) bond motifs is 1. The van der Waals surface area contributed by atoms with E-state index in [1.165, 1.54) is 0 Å². The van der Waals surface area contributed by atoms with Gasteiger partial charge in [0.15, 0.2) is 0 Å². The number of hydrogen-bond donors (Lipinski definition) is 3. The highest BCUT2D eigenvalue weighted by molar-refractivity contribution is 6.31. The lowest BCUT2D eigenvalue weighted by molar-refractivity contribution is -0.122. The highest BCUT2D eigenvalue weighted by atomic mass is 35.5. The second kappa shape index (κ2) is 6.94. The molecule has 0 aliphatic carbocycles. The van der Waals surface area contributed by atoms with Gasteiger partial charge in [-0.1, -0.05) is 29.8 Å². The zero-order valence-corrected chi connectivity index (χ0v) is 14.2. The Morgan fingerprint density at radius 2 is 1.96 bits per heavy atom. The molecule has 0 spiro atoms. The zero-order chi connectivity index (χ0) is 18.0. The molecule has 6 nitrogen and oxygen atoms in total. The molecule has 0 bridgehead atoms. The summed E-state index contributed by atoms with van der Waals surface area (Å²) in [5.74, 6) is -1.22. The predicted molar refractivity (Wildman–Crippen MR) is 95.8 cm³/mol. The maximum absolute atomic E-state index is 12.3. The van der Waals surface area contributed by atoms with Crippen LogP contribution >= 0.6 is 11.6 Å². The zero-order valence-electron chi connectivity index (χ0n) is 13.4. The number of rotatable bonds is 3. The molecule has 0 aromatic heterocycles. The summed E-state index contributed by atoms with van der Waals surface area (Å²) >= 11 is 5.94. The number of nitrogens with one attached hydrogen (secondary N) is 3. The monoisotopic (exact) mass is 357 g/mol. The van der Waals surface area contributed by atoms with Crippen LogP contribution in [0.3, 0.4) is 0 Å². The highest BCUT2D eigenvalue weighted by Gasteiger charge is 2.29. The molecule has 0 saturated heterocycles. The molecule has 1 aliphatic rings. The van der Waals surface area contributed by atoms with Crippen molar-refractivity contribution >= 4 is 40.7 Å². The largest absolute Gasteiger partial charge is 0.340 e. The molecule has 1 heterocycles. The van der Waals surface area contributed by atoms with Crippen molar-refractivity contribution in [2.24, 2.45) is 0 Å². The summed E-state index contributed by atoms with van der Waals surface area (Å²) in [6.07, 6.45) is -0.183. The normalized spacial score (nSPS) is 16.3. The van der Waals surface area contributed by atoms with E-state index in [2.05, 4.69) is 16.0 Å². The molecule has 0 fully saturated rings. The topological polar surface area (TPSA) is 87.3 Å². The Morgan fingerprint density at radius 1 is 1.20 bits per heavy atom. The quantitative estimate of drug-likeness (QED) is 0.789. The van der Waals surface area contributed by atoms with E-state index < -0.39 is 23.8 Å². The first-order valence-electron chi connectivity index (χ1n) is 7.71. The second-order valence-corrected chi connectivity index (χ2v) is 6.21. The Labute approximate surface area is 149 Å². The number of carbonyl (C=O) groups excluding carboxylic acids is 3. The molecule has 7 heteroatoms. The molecule has 2 aromatic carbocycles. The van der Waals surface area contributed by atoms with Gasteiger partial charge in [-0.05, 0) is 36.8 Å². The van der Waals surface area contributed by atoms with Crippen molar-refractivity contribution in [1.29, 1.82) is 0 Å². The molecule has 1 unspecified atom stereocenters. The Balaban J connectivity index is 1.72. The standard InChI is InChI=1S/C18H16ClN3O3/c1-10-6-7-11(19)8-14(10)20-16(23)9-15-18(25)21-13-5-3-2-4-12(13)17(24)22-15/h2-8,15H,9H2,1H3,(H,20,23)(H,21,25)(H,22,24). The molecule has 3 N–H and O–H groups in total. The number of para-hydroxylation sites is 1. The number of anilines is 2. The summed E-state index contributed by atoms with van der Waals surface area (Å²) in [5.41, 5.74) is 2.21. The van der Waals surface area contributed by atoms with E-state index >= 15 is 0 Å². The van der Waals surface area contributed by atoms with E-state index in [4.69, 9.17) is 11.6 Å². The summed E-state index contributed by atoms with van der Waals surface area (Å²) in [7, 11) is 0. The van der Waals surface area contributed by atoms with Crippen LogP contribution < -0.4 is 16.0 Å². The molecule has 3 amide bonds. The van der Waals surface area contributed by atoms with Gasteiger partial charge in [-0.25, -0.2) is 0 Å². The first-order chi connectivity index (χ1) is 11.9. The van der Waals surface area contributed by atoms with Crippen LogP contribution in [-0.2, 0) is 9.59 Å². The van der Waals surface area contributed by atoms with Gasteiger partial charge >= 0.3 is 0 Å². The third-order valence-electron chi connectivity index (χ3n) is 3.91. The molecule has 1 atom stereocenters. The van der Waals surface area contributed by atoms with Crippen molar-refractivity contribution in [2.45, 2.75) is 19.4 Å². The van der Waals surface area contributed by atoms with E-state index in [1.54, 1.807) is 42.5 Å². The minimum atomic E-state index is -0.959. The van der Waals surface area contributed by atoms with Gasteiger partial charge in [-0.3, -0.25) is 14.4 Å². The maximum Gasteiger partial charge on any atom is 0.254 e. The number of carbonyl (C=O) groups is 3. The first-order valence-corrected chi connectivity index (χ1v) is 8.08. The molecule has 0 radical (unpaired) electrons. The summed E-state index contributed by atoms with van der Waals surface area (Å²) in [4.78, 5) is 36.8. The Bertz CT molecular complexity index is 866. The number of halogens is 1. The Morgan fingerprint density at radius 3 is 2.76 bits per heavy atom. The van der Waals surface area contributed by atoms with Gasteiger partial charge in [-0.2, -0.15) is 0 Å². The fraction of sp³-hybridized carbons (Fsp3) is 0.167. The molecular formula is C18H16ClN3O3. The van der Waals surface area contributed by atoms with Crippen molar-refractivity contribution in [3.63, 3.8) is 0 Å². The van der Waals surface area contributed by atoms with Crippen LogP contribution in [0.1, 0.15) is 22.3 Å². The second-order valence-electron chi connectivity index (χ2n) is 5.77. The molecule has 2 aromatic rings. The average Bonchev–Trinajstić information content (AvgIpc) is 2.68. The van der Waals surface area contributed by atoms with Crippen LogP contribution in [0.5, 0.6) is 0 Å². The fourth-order valence-corrected chi connectivity index (χ4v) is 2.74. The van der Waals surface area contributed by atoms with E-state index in [9.17, 15) is 14.4 Å². The lowest BCUT2D eigenvalue weighted by Crippen LogP contribution is -2.43. The Kier molecular flexibility index (Phi) is 4.72.